The highest BCUT2D eigenvalue weighted by Gasteiger charge is 2.46. The van der Waals surface area contributed by atoms with Crippen molar-refractivity contribution in [3.63, 3.8) is 0 Å². The van der Waals surface area contributed by atoms with Gasteiger partial charge in [0.15, 0.2) is 0 Å². The smallest absolute Gasteiger partial charge is 0.295 e. The Morgan fingerprint density at radius 1 is 1.00 bits per heavy atom. The highest BCUT2D eigenvalue weighted by atomic mass is 32.2. The third-order valence-electron chi connectivity index (χ3n) is 5.64. The van der Waals surface area contributed by atoms with Gasteiger partial charge in [-0.05, 0) is 41.5 Å². The summed E-state index contributed by atoms with van der Waals surface area (Å²) in [5.41, 5.74) is 1.59. The molecule has 8 nitrogen and oxygen atoms in total. The Kier molecular flexibility index (Phi) is 6.32. The minimum absolute atomic E-state index is 0.0469. The van der Waals surface area contributed by atoms with Crippen LogP contribution in [0.15, 0.2) is 89.6 Å². The van der Waals surface area contributed by atoms with Crippen molar-refractivity contribution in [3.8, 4) is 0 Å². The van der Waals surface area contributed by atoms with Gasteiger partial charge in [0.1, 0.15) is 5.76 Å². The number of rotatable bonds is 6. The summed E-state index contributed by atoms with van der Waals surface area (Å²) < 4.78 is 25.8. The van der Waals surface area contributed by atoms with E-state index < -0.39 is 27.8 Å². The molecule has 9 heteroatoms. The van der Waals surface area contributed by atoms with Gasteiger partial charge < -0.3 is 10.0 Å². The molecule has 2 aromatic carbocycles. The Hall–Kier alpha value is -3.82. The van der Waals surface area contributed by atoms with E-state index in [0.717, 1.165) is 9.87 Å². The number of hydrogen-bond acceptors (Lipinski definition) is 6. The van der Waals surface area contributed by atoms with Gasteiger partial charge in [-0.2, -0.15) is 0 Å². The fourth-order valence-electron chi connectivity index (χ4n) is 3.86. The number of sulfonamides is 1. The van der Waals surface area contributed by atoms with Crippen LogP contribution >= 0.6 is 0 Å². The average Bonchev–Trinajstić information content (AvgIpc) is 3.09. The first-order valence-corrected chi connectivity index (χ1v) is 11.9. The second-order valence-electron chi connectivity index (χ2n) is 8.01. The van der Waals surface area contributed by atoms with E-state index in [1.54, 1.807) is 48.8 Å². The van der Waals surface area contributed by atoms with Crippen molar-refractivity contribution in [1.29, 1.82) is 0 Å². The fraction of sp³-hybridized carbons (Fsp3) is 0.160. The molecule has 1 unspecified atom stereocenters. The molecule has 0 radical (unpaired) electrons. The summed E-state index contributed by atoms with van der Waals surface area (Å²) in [6.07, 6.45) is 3.23. The molecule has 1 aliphatic heterocycles. The summed E-state index contributed by atoms with van der Waals surface area (Å²) in [6, 6.07) is 17.3. The molecule has 1 saturated heterocycles. The highest BCUT2D eigenvalue weighted by molar-refractivity contribution is 7.89. The van der Waals surface area contributed by atoms with Gasteiger partial charge >= 0.3 is 0 Å². The summed E-state index contributed by atoms with van der Waals surface area (Å²) >= 11 is 0. The summed E-state index contributed by atoms with van der Waals surface area (Å²) in [7, 11) is -0.808. The van der Waals surface area contributed by atoms with Crippen molar-refractivity contribution in [2.45, 2.75) is 17.5 Å². The van der Waals surface area contributed by atoms with Crippen LogP contribution < -0.4 is 0 Å². The number of carbonyl (C=O) groups excluding carboxylic acids is 2. The van der Waals surface area contributed by atoms with Crippen LogP contribution in [0.4, 0.5) is 0 Å². The van der Waals surface area contributed by atoms with E-state index in [1.807, 2.05) is 6.07 Å². The number of likely N-dealkylation sites (tertiary alicyclic amines) is 1. The summed E-state index contributed by atoms with van der Waals surface area (Å²) in [5, 5.41) is 11.1. The lowest BCUT2D eigenvalue weighted by molar-refractivity contribution is -0.140. The molecule has 0 bridgehead atoms. The molecule has 4 rings (SSSR count). The molecular weight excluding hydrogens is 454 g/mol. The largest absolute Gasteiger partial charge is 0.507 e. The molecule has 1 aromatic heterocycles. The van der Waals surface area contributed by atoms with Crippen molar-refractivity contribution < 1.29 is 23.1 Å². The van der Waals surface area contributed by atoms with E-state index in [-0.39, 0.29) is 28.3 Å². The number of amides is 1. The van der Waals surface area contributed by atoms with Crippen LogP contribution in [0, 0.1) is 0 Å². The van der Waals surface area contributed by atoms with Crippen LogP contribution in [-0.4, -0.2) is 53.5 Å². The lowest BCUT2D eigenvalue weighted by Crippen LogP contribution is -2.29. The van der Waals surface area contributed by atoms with Gasteiger partial charge in [0, 0.05) is 38.6 Å². The van der Waals surface area contributed by atoms with E-state index in [2.05, 4.69) is 4.98 Å². The second-order valence-corrected chi connectivity index (χ2v) is 10.2. The Balaban J connectivity index is 1.81. The van der Waals surface area contributed by atoms with Crippen molar-refractivity contribution >= 4 is 27.5 Å². The Labute approximate surface area is 197 Å². The quantitative estimate of drug-likeness (QED) is 0.332. The van der Waals surface area contributed by atoms with Gasteiger partial charge in [-0.3, -0.25) is 14.6 Å². The Bertz CT molecular complexity index is 1350. The zero-order chi connectivity index (χ0) is 24.5. The number of aliphatic hydroxyl groups is 1. The molecule has 174 valence electrons. The van der Waals surface area contributed by atoms with Gasteiger partial charge in [0.2, 0.25) is 10.0 Å². The van der Waals surface area contributed by atoms with E-state index in [4.69, 9.17) is 0 Å². The van der Waals surface area contributed by atoms with Gasteiger partial charge in [-0.25, -0.2) is 12.7 Å². The standard InChI is InChI=1S/C25H23N3O5S/c1-27(2)34(32,33)20-12-10-19(11-13-20)23(29)21-22(18-8-4-3-5-9-18)28(25(31)24(21)30)16-17-7-6-14-26-15-17/h3-15,22,29H,16H2,1-2H3/b23-21+. The topological polar surface area (TPSA) is 108 Å². The number of carbonyl (C=O) groups is 2. The fourth-order valence-corrected chi connectivity index (χ4v) is 4.77. The zero-order valence-corrected chi connectivity index (χ0v) is 19.4. The van der Waals surface area contributed by atoms with Gasteiger partial charge in [-0.15, -0.1) is 0 Å². The first-order chi connectivity index (χ1) is 16.2. The Morgan fingerprint density at radius 2 is 1.68 bits per heavy atom. The predicted molar refractivity (Wildman–Crippen MR) is 126 cm³/mol. The number of ketones is 1. The number of benzene rings is 2. The molecule has 0 aliphatic carbocycles. The maximum absolute atomic E-state index is 13.1. The average molecular weight is 478 g/mol. The molecular formula is C25H23N3O5S. The van der Waals surface area contributed by atoms with Crippen molar-refractivity contribution in [1.82, 2.24) is 14.2 Å². The number of aliphatic hydroxyl groups excluding tert-OH is 1. The number of Topliss-reactive ketones (excluding diaryl/α,β-unsaturated/α-hetero) is 1. The molecule has 1 N–H and O–H groups in total. The van der Waals surface area contributed by atoms with E-state index in [9.17, 15) is 23.1 Å². The van der Waals surface area contributed by atoms with Crippen molar-refractivity contribution in [3.05, 3.63) is 101 Å². The molecule has 1 amide bonds. The maximum atomic E-state index is 13.1. The number of pyridine rings is 1. The lowest BCUT2D eigenvalue weighted by atomic mass is 9.95. The third-order valence-corrected chi connectivity index (χ3v) is 7.47. The molecule has 34 heavy (non-hydrogen) atoms. The lowest BCUT2D eigenvalue weighted by Gasteiger charge is -2.25. The van der Waals surface area contributed by atoms with Crippen LogP contribution in [0.3, 0.4) is 0 Å². The SMILES string of the molecule is CN(C)S(=O)(=O)c1ccc(/C(O)=C2\C(=O)C(=O)N(Cc3cccnc3)C2c2ccccc2)cc1. The van der Waals surface area contributed by atoms with Crippen LogP contribution in [0.25, 0.3) is 5.76 Å². The van der Waals surface area contributed by atoms with Gasteiger partial charge in [-0.1, -0.05) is 36.4 Å². The minimum Gasteiger partial charge on any atom is -0.507 e. The molecule has 1 fully saturated rings. The van der Waals surface area contributed by atoms with Crippen LogP contribution in [0.5, 0.6) is 0 Å². The van der Waals surface area contributed by atoms with Gasteiger partial charge in [0.25, 0.3) is 11.7 Å². The molecule has 1 aliphatic rings. The number of hydrogen-bond donors (Lipinski definition) is 1. The van der Waals surface area contributed by atoms with Crippen LogP contribution in [-0.2, 0) is 26.2 Å². The Morgan fingerprint density at radius 3 is 2.26 bits per heavy atom. The van der Waals surface area contributed by atoms with Crippen LogP contribution in [0.1, 0.15) is 22.7 Å². The monoisotopic (exact) mass is 477 g/mol. The van der Waals surface area contributed by atoms with E-state index >= 15 is 0 Å². The van der Waals surface area contributed by atoms with Gasteiger partial charge in [0.05, 0.1) is 16.5 Å². The minimum atomic E-state index is -3.65. The third kappa shape index (κ3) is 4.23. The summed E-state index contributed by atoms with van der Waals surface area (Å²) in [6.45, 7) is 0.134. The van der Waals surface area contributed by atoms with Crippen LogP contribution in [0.2, 0.25) is 0 Å². The van der Waals surface area contributed by atoms with E-state index in [1.165, 1.54) is 43.3 Å². The van der Waals surface area contributed by atoms with Crippen molar-refractivity contribution in [2.24, 2.45) is 0 Å². The first kappa shape index (κ1) is 23.3. The number of aromatic nitrogens is 1. The molecule has 0 saturated carbocycles. The molecule has 3 aromatic rings. The normalized spacial score (nSPS) is 18.0. The van der Waals surface area contributed by atoms with E-state index in [0.29, 0.717) is 5.56 Å². The van der Waals surface area contributed by atoms with Crippen molar-refractivity contribution in [2.75, 3.05) is 14.1 Å². The number of nitrogens with zero attached hydrogens (tertiary/aromatic N) is 3. The molecule has 0 spiro atoms. The summed E-state index contributed by atoms with van der Waals surface area (Å²) in [4.78, 5) is 31.6. The first-order valence-electron chi connectivity index (χ1n) is 10.5. The molecule has 1 atom stereocenters. The predicted octanol–water partition coefficient (Wildman–Crippen LogP) is 2.95. The summed E-state index contributed by atoms with van der Waals surface area (Å²) in [5.74, 6) is -1.90. The maximum Gasteiger partial charge on any atom is 0.295 e. The second kappa shape index (κ2) is 9.20. The zero-order valence-electron chi connectivity index (χ0n) is 18.6. The highest BCUT2D eigenvalue weighted by Crippen LogP contribution is 2.40. The molecule has 2 heterocycles.